The molecule has 0 radical (unpaired) electrons. The molecule has 0 aliphatic rings. The van der Waals surface area contributed by atoms with Crippen LogP contribution in [0.5, 0.6) is 0 Å². The molecule has 5 rings (SSSR count). The first-order chi connectivity index (χ1) is 16.4. The fourth-order valence-corrected chi connectivity index (χ4v) is 5.73. The van der Waals surface area contributed by atoms with Crippen molar-refractivity contribution in [2.24, 2.45) is 0 Å². The van der Waals surface area contributed by atoms with Gasteiger partial charge in [-0.05, 0) is 48.5 Å². The molecule has 1 N–H and O–H groups in total. The Labute approximate surface area is 196 Å². The molecular weight excluding hydrogens is 455 g/mol. The number of nitrogens with zero attached hydrogens (tertiary/aromatic N) is 2. The van der Waals surface area contributed by atoms with Gasteiger partial charge in [0.25, 0.3) is 0 Å². The van der Waals surface area contributed by atoms with E-state index in [4.69, 9.17) is 4.42 Å². The van der Waals surface area contributed by atoms with Gasteiger partial charge in [0, 0.05) is 28.4 Å². The van der Waals surface area contributed by atoms with Crippen LogP contribution in [0.3, 0.4) is 0 Å². The van der Waals surface area contributed by atoms with E-state index in [0.29, 0.717) is 5.76 Å². The van der Waals surface area contributed by atoms with Crippen LogP contribution in [0.1, 0.15) is 5.76 Å². The van der Waals surface area contributed by atoms with Gasteiger partial charge in [0.15, 0.2) is 0 Å². The van der Waals surface area contributed by atoms with E-state index in [2.05, 4.69) is 0 Å². The van der Waals surface area contributed by atoms with Gasteiger partial charge in [0.2, 0.25) is 10.0 Å². The van der Waals surface area contributed by atoms with Crippen molar-refractivity contribution in [3.05, 3.63) is 103 Å². The lowest BCUT2D eigenvalue weighted by molar-refractivity contribution is 0.126. The topological polar surface area (TPSA) is 75.7 Å². The fourth-order valence-electron chi connectivity index (χ4n) is 4.28. The lowest BCUT2D eigenvalue weighted by atomic mass is 10.2. The first-order valence-corrected chi connectivity index (χ1v) is 12.3. The van der Waals surface area contributed by atoms with Crippen molar-refractivity contribution >= 4 is 31.8 Å². The molecule has 34 heavy (non-hydrogen) atoms. The highest BCUT2D eigenvalue weighted by Crippen LogP contribution is 2.29. The zero-order chi connectivity index (χ0) is 23.7. The van der Waals surface area contributed by atoms with E-state index < -0.39 is 21.9 Å². The Balaban J connectivity index is 1.47. The Morgan fingerprint density at radius 2 is 1.50 bits per heavy atom. The van der Waals surface area contributed by atoms with Crippen LogP contribution in [0.4, 0.5) is 4.39 Å². The maximum Gasteiger partial charge on any atom is 0.243 e. The number of sulfonamides is 1. The molecule has 2 heterocycles. The predicted octanol–water partition coefficient (Wildman–Crippen LogP) is 4.78. The van der Waals surface area contributed by atoms with Crippen LogP contribution in [-0.2, 0) is 23.1 Å². The number of hydrogen-bond acceptors (Lipinski definition) is 4. The van der Waals surface area contributed by atoms with Crippen LogP contribution in [0.25, 0.3) is 21.8 Å². The van der Waals surface area contributed by atoms with Crippen LogP contribution in [-0.4, -0.2) is 35.0 Å². The van der Waals surface area contributed by atoms with Crippen molar-refractivity contribution in [1.82, 2.24) is 8.87 Å². The molecule has 0 fully saturated rings. The second-order valence-electron chi connectivity index (χ2n) is 8.13. The molecule has 0 aliphatic carbocycles. The van der Waals surface area contributed by atoms with Crippen LogP contribution >= 0.6 is 0 Å². The van der Waals surface area contributed by atoms with Gasteiger partial charge in [-0.25, -0.2) is 12.8 Å². The molecular formula is C26H23FN2O4S. The highest BCUT2D eigenvalue weighted by molar-refractivity contribution is 7.89. The Morgan fingerprint density at radius 3 is 2.09 bits per heavy atom. The monoisotopic (exact) mass is 478 g/mol. The Hall–Kier alpha value is -3.46. The van der Waals surface area contributed by atoms with E-state index in [0.717, 1.165) is 38.2 Å². The summed E-state index contributed by atoms with van der Waals surface area (Å²) in [6.45, 7) is -0.0280. The Bertz CT molecular complexity index is 1470. The van der Waals surface area contributed by atoms with Crippen molar-refractivity contribution in [3.8, 4) is 0 Å². The minimum absolute atomic E-state index is 0.0514. The summed E-state index contributed by atoms with van der Waals surface area (Å²) >= 11 is 0. The number of rotatable bonds is 8. The Kier molecular flexibility index (Phi) is 5.95. The molecule has 2 aromatic heterocycles. The first-order valence-electron chi connectivity index (χ1n) is 10.9. The largest absolute Gasteiger partial charge is 0.468 e. The normalized spacial score (nSPS) is 13.1. The number of halogens is 1. The average Bonchev–Trinajstić information content (AvgIpc) is 3.46. The SMILES string of the molecule is O=S(=O)(c1ccc(F)cc1)N(Cc1ccco1)CC(O)Cn1c2ccccc2c2ccccc21. The summed E-state index contributed by atoms with van der Waals surface area (Å²) in [6, 6.07) is 23.8. The summed E-state index contributed by atoms with van der Waals surface area (Å²) in [6.07, 6.45) is 0.455. The number of aromatic nitrogens is 1. The first kappa shape index (κ1) is 22.3. The van der Waals surface area contributed by atoms with Crippen molar-refractivity contribution in [2.45, 2.75) is 24.1 Å². The highest BCUT2D eigenvalue weighted by atomic mass is 32.2. The molecule has 6 nitrogen and oxygen atoms in total. The van der Waals surface area contributed by atoms with Gasteiger partial charge in [-0.15, -0.1) is 0 Å². The standard InChI is InChI=1S/C26H23FN2O4S/c27-19-11-13-22(14-12-19)34(31,32)28(18-21-6-5-15-33-21)16-20(30)17-29-25-9-3-1-7-23(25)24-8-2-4-10-26(24)29/h1-15,20,30H,16-18H2. The van der Waals surface area contributed by atoms with E-state index in [1.165, 1.54) is 18.4 Å². The zero-order valence-electron chi connectivity index (χ0n) is 18.2. The highest BCUT2D eigenvalue weighted by Gasteiger charge is 2.28. The number of furan rings is 1. The van der Waals surface area contributed by atoms with Crippen LogP contribution in [0.15, 0.2) is 101 Å². The summed E-state index contributed by atoms with van der Waals surface area (Å²) in [4.78, 5) is -0.0514. The molecule has 1 atom stereocenters. The maximum atomic E-state index is 13.4. The van der Waals surface area contributed by atoms with E-state index in [9.17, 15) is 17.9 Å². The lowest BCUT2D eigenvalue weighted by Crippen LogP contribution is -2.38. The third-order valence-electron chi connectivity index (χ3n) is 5.85. The van der Waals surface area contributed by atoms with Gasteiger partial charge in [-0.3, -0.25) is 0 Å². The van der Waals surface area contributed by atoms with Crippen LogP contribution < -0.4 is 0 Å². The van der Waals surface area contributed by atoms with Crippen molar-refractivity contribution in [2.75, 3.05) is 6.54 Å². The molecule has 0 saturated heterocycles. The van der Waals surface area contributed by atoms with Crippen molar-refractivity contribution in [1.29, 1.82) is 0 Å². The van der Waals surface area contributed by atoms with Crippen LogP contribution in [0, 0.1) is 5.82 Å². The quantitative estimate of drug-likeness (QED) is 0.348. The van der Waals surface area contributed by atoms with Crippen molar-refractivity contribution in [3.63, 3.8) is 0 Å². The lowest BCUT2D eigenvalue weighted by Gasteiger charge is -2.24. The molecule has 0 spiro atoms. The number of hydrogen-bond donors (Lipinski definition) is 1. The molecule has 0 amide bonds. The number of aliphatic hydroxyl groups is 1. The maximum absolute atomic E-state index is 13.4. The van der Waals surface area contributed by atoms with Gasteiger partial charge in [-0.2, -0.15) is 4.31 Å². The summed E-state index contributed by atoms with van der Waals surface area (Å²) in [5.41, 5.74) is 1.92. The smallest absolute Gasteiger partial charge is 0.243 e. The second kappa shape index (κ2) is 9.06. The number of fused-ring (bicyclic) bond motifs is 3. The zero-order valence-corrected chi connectivity index (χ0v) is 19.0. The average molecular weight is 479 g/mol. The van der Waals surface area contributed by atoms with E-state index >= 15 is 0 Å². The molecule has 1 unspecified atom stereocenters. The Morgan fingerprint density at radius 1 is 0.882 bits per heavy atom. The number of benzene rings is 3. The van der Waals surface area contributed by atoms with Gasteiger partial charge >= 0.3 is 0 Å². The van der Waals surface area contributed by atoms with Gasteiger partial charge in [0.1, 0.15) is 11.6 Å². The van der Waals surface area contributed by atoms with Crippen LogP contribution in [0.2, 0.25) is 0 Å². The summed E-state index contributed by atoms with van der Waals surface area (Å²) in [7, 11) is -4.02. The third kappa shape index (κ3) is 4.23. The fraction of sp³-hybridized carbons (Fsp3) is 0.154. The van der Waals surface area contributed by atoms with E-state index in [-0.39, 0.29) is 24.5 Å². The minimum Gasteiger partial charge on any atom is -0.468 e. The summed E-state index contributed by atoms with van der Waals surface area (Å²) < 4.78 is 48.7. The van der Waals surface area contributed by atoms with E-state index in [1.54, 1.807) is 12.1 Å². The molecule has 174 valence electrons. The second-order valence-corrected chi connectivity index (χ2v) is 10.1. The summed E-state index contributed by atoms with van der Waals surface area (Å²) in [5, 5.41) is 13.2. The molecule has 0 aliphatic heterocycles. The van der Waals surface area contributed by atoms with Gasteiger partial charge in [-0.1, -0.05) is 36.4 Å². The van der Waals surface area contributed by atoms with Crippen molar-refractivity contribution < 1.29 is 22.3 Å². The molecule has 8 heteroatoms. The minimum atomic E-state index is -4.02. The third-order valence-corrected chi connectivity index (χ3v) is 7.68. The van der Waals surface area contributed by atoms with Gasteiger partial charge < -0.3 is 14.1 Å². The molecule has 0 saturated carbocycles. The molecule has 5 aromatic rings. The van der Waals surface area contributed by atoms with Gasteiger partial charge in [0.05, 0.1) is 30.4 Å². The summed E-state index contributed by atoms with van der Waals surface area (Å²) in [5.74, 6) is -0.0855. The predicted molar refractivity (Wildman–Crippen MR) is 128 cm³/mol. The number of aliphatic hydroxyl groups excluding tert-OH is 1. The van der Waals surface area contributed by atoms with E-state index in [1.807, 2.05) is 53.1 Å². The molecule has 0 bridgehead atoms. The number of para-hydroxylation sites is 2. The molecule has 3 aromatic carbocycles.